The maximum Gasteiger partial charge on any atom is 0.315 e. The van der Waals surface area contributed by atoms with Gasteiger partial charge in [0.25, 0.3) is 0 Å². The van der Waals surface area contributed by atoms with Crippen LogP contribution in [-0.2, 0) is 10.8 Å². The van der Waals surface area contributed by atoms with Gasteiger partial charge in [0.1, 0.15) is 0 Å². The maximum absolute atomic E-state index is 13.8. The molecular weight excluding hydrogens is 319 g/mol. The Hall–Kier alpha value is -1.63. The fourth-order valence-electron chi connectivity index (χ4n) is 2.48. The van der Waals surface area contributed by atoms with Gasteiger partial charge in [-0.25, -0.2) is 9.18 Å². The Bertz CT molecular complexity index is 582. The van der Waals surface area contributed by atoms with E-state index < -0.39 is 16.6 Å². The smallest absolute Gasteiger partial charge is 0.315 e. The number of nitrogens with one attached hydrogen (secondary N) is 2. The number of carbonyl (C=O) groups is 1. The number of para-hydroxylation sites is 1. The molecule has 2 rings (SSSR count). The van der Waals surface area contributed by atoms with Crippen LogP contribution in [0.5, 0.6) is 5.75 Å². The highest BCUT2D eigenvalue weighted by molar-refractivity contribution is 7.84. The second kappa shape index (κ2) is 8.29. The van der Waals surface area contributed by atoms with Gasteiger partial charge in [-0.2, -0.15) is 0 Å². The predicted molar refractivity (Wildman–Crippen MR) is 88.5 cm³/mol. The third kappa shape index (κ3) is 4.92. The summed E-state index contributed by atoms with van der Waals surface area (Å²) in [6, 6.07) is 4.17. The van der Waals surface area contributed by atoms with E-state index in [-0.39, 0.29) is 23.1 Å². The summed E-state index contributed by atoms with van der Waals surface area (Å²) in [5, 5.41) is 5.67. The summed E-state index contributed by atoms with van der Waals surface area (Å²) in [6.07, 6.45) is 3.74. The van der Waals surface area contributed by atoms with E-state index in [0.717, 1.165) is 6.42 Å². The van der Waals surface area contributed by atoms with E-state index in [1.165, 1.54) is 6.07 Å². The number of carbonyl (C=O) groups excluding carboxylic acids is 1. The molecule has 5 nitrogen and oxygen atoms in total. The quantitative estimate of drug-likeness (QED) is 0.864. The zero-order valence-corrected chi connectivity index (χ0v) is 14.2. The summed E-state index contributed by atoms with van der Waals surface area (Å²) in [5.74, 6) is -0.179. The van der Waals surface area contributed by atoms with Crippen molar-refractivity contribution in [3.8, 4) is 5.75 Å². The Kier molecular flexibility index (Phi) is 6.38. The van der Waals surface area contributed by atoms with Crippen LogP contribution in [0.15, 0.2) is 18.2 Å². The van der Waals surface area contributed by atoms with Crippen molar-refractivity contribution in [3.63, 3.8) is 0 Å². The van der Waals surface area contributed by atoms with Crippen molar-refractivity contribution in [1.82, 2.24) is 10.6 Å². The number of hydrogen-bond acceptors (Lipinski definition) is 3. The third-order valence-electron chi connectivity index (χ3n) is 3.96. The average Bonchev–Trinajstić information content (AvgIpc) is 2.71. The van der Waals surface area contributed by atoms with Gasteiger partial charge in [0.2, 0.25) is 0 Å². The van der Waals surface area contributed by atoms with Crippen molar-refractivity contribution in [1.29, 1.82) is 0 Å². The average molecular weight is 342 g/mol. The third-order valence-corrected chi connectivity index (χ3v) is 5.33. The lowest BCUT2D eigenvalue weighted by atomic mass is 10.0. The van der Waals surface area contributed by atoms with Crippen LogP contribution in [0.3, 0.4) is 0 Å². The van der Waals surface area contributed by atoms with Crippen molar-refractivity contribution in [2.75, 3.05) is 19.4 Å². The van der Waals surface area contributed by atoms with E-state index in [1.807, 2.05) is 6.92 Å². The zero-order valence-electron chi connectivity index (χ0n) is 13.4. The molecule has 0 spiro atoms. The van der Waals surface area contributed by atoms with Gasteiger partial charge in [0.05, 0.1) is 12.6 Å². The molecule has 1 aliphatic heterocycles. The van der Waals surface area contributed by atoms with Gasteiger partial charge in [0, 0.05) is 34.4 Å². The molecule has 3 unspecified atom stereocenters. The van der Waals surface area contributed by atoms with Gasteiger partial charge in [-0.1, -0.05) is 19.1 Å². The van der Waals surface area contributed by atoms with Crippen molar-refractivity contribution >= 4 is 16.8 Å². The highest BCUT2D eigenvalue weighted by Gasteiger charge is 2.23. The largest absolute Gasteiger partial charge is 0.490 e. The SMILES string of the molecule is CC(CCNC(=O)NC1CCCOc2c(F)cccc21)S(C)=O. The Morgan fingerprint density at radius 2 is 2.30 bits per heavy atom. The summed E-state index contributed by atoms with van der Waals surface area (Å²) in [6.45, 7) is 2.77. The van der Waals surface area contributed by atoms with E-state index >= 15 is 0 Å². The van der Waals surface area contributed by atoms with Crippen molar-refractivity contribution < 1.29 is 18.1 Å². The molecule has 128 valence electrons. The highest BCUT2D eigenvalue weighted by atomic mass is 32.2. The Morgan fingerprint density at radius 3 is 3.04 bits per heavy atom. The molecule has 0 saturated carbocycles. The summed E-state index contributed by atoms with van der Waals surface area (Å²) >= 11 is 0. The van der Waals surface area contributed by atoms with Gasteiger partial charge in [0.15, 0.2) is 11.6 Å². The lowest BCUT2D eigenvalue weighted by molar-refractivity contribution is 0.236. The van der Waals surface area contributed by atoms with Crippen LogP contribution in [0, 0.1) is 5.82 Å². The molecule has 1 heterocycles. The number of hydrogen-bond donors (Lipinski definition) is 2. The number of halogens is 1. The molecular formula is C16H23FN2O3S. The summed E-state index contributed by atoms with van der Waals surface area (Å²) in [5.41, 5.74) is 0.667. The molecule has 2 amide bonds. The van der Waals surface area contributed by atoms with E-state index in [1.54, 1.807) is 18.4 Å². The van der Waals surface area contributed by atoms with Gasteiger partial charge in [-0.15, -0.1) is 0 Å². The van der Waals surface area contributed by atoms with Crippen LogP contribution >= 0.6 is 0 Å². The molecule has 1 aromatic carbocycles. The van der Waals surface area contributed by atoms with E-state index in [4.69, 9.17) is 4.74 Å². The summed E-state index contributed by atoms with van der Waals surface area (Å²) in [4.78, 5) is 12.0. The van der Waals surface area contributed by atoms with Crippen LogP contribution in [-0.4, -0.2) is 34.9 Å². The first-order valence-corrected chi connectivity index (χ1v) is 9.39. The molecule has 0 saturated heterocycles. The summed E-state index contributed by atoms with van der Waals surface area (Å²) in [7, 11) is -0.896. The van der Waals surface area contributed by atoms with E-state index in [9.17, 15) is 13.4 Å². The minimum absolute atomic E-state index is 0.0383. The van der Waals surface area contributed by atoms with Gasteiger partial charge in [-0.3, -0.25) is 4.21 Å². The van der Waals surface area contributed by atoms with Gasteiger partial charge >= 0.3 is 6.03 Å². The van der Waals surface area contributed by atoms with Crippen LogP contribution in [0.4, 0.5) is 9.18 Å². The normalized spacial score (nSPS) is 19.7. The molecule has 0 aliphatic carbocycles. The molecule has 0 bridgehead atoms. The van der Waals surface area contributed by atoms with Crippen LogP contribution in [0.25, 0.3) is 0 Å². The minimum atomic E-state index is -0.896. The number of fused-ring (bicyclic) bond motifs is 1. The van der Waals surface area contributed by atoms with Crippen LogP contribution in [0.1, 0.15) is 37.8 Å². The maximum atomic E-state index is 13.8. The second-order valence-corrected chi connectivity index (χ2v) is 7.50. The molecule has 0 radical (unpaired) electrons. The van der Waals surface area contributed by atoms with Gasteiger partial charge < -0.3 is 15.4 Å². The number of benzene rings is 1. The number of rotatable bonds is 5. The lowest BCUT2D eigenvalue weighted by Gasteiger charge is -2.19. The molecule has 0 aromatic heterocycles. The molecule has 2 N–H and O–H groups in total. The second-order valence-electron chi connectivity index (χ2n) is 5.70. The van der Waals surface area contributed by atoms with Crippen molar-refractivity contribution in [3.05, 3.63) is 29.6 Å². The molecule has 1 aliphatic rings. The topological polar surface area (TPSA) is 67.4 Å². The van der Waals surface area contributed by atoms with E-state index in [0.29, 0.717) is 31.6 Å². The Balaban J connectivity index is 1.93. The van der Waals surface area contributed by atoms with Crippen molar-refractivity contribution in [2.45, 2.75) is 37.5 Å². The molecule has 1 aromatic rings. The highest BCUT2D eigenvalue weighted by Crippen LogP contribution is 2.33. The molecule has 0 fully saturated rings. The number of ether oxygens (including phenoxy) is 1. The summed E-state index contributed by atoms with van der Waals surface area (Å²) < 4.78 is 30.6. The Morgan fingerprint density at radius 1 is 1.52 bits per heavy atom. The number of amides is 2. The number of urea groups is 1. The van der Waals surface area contributed by atoms with E-state index in [2.05, 4.69) is 10.6 Å². The fourth-order valence-corrected chi connectivity index (χ4v) is 2.93. The minimum Gasteiger partial charge on any atom is -0.490 e. The Labute approximate surface area is 138 Å². The standard InChI is InChI=1S/C16H23FN2O3S/c1-11(23(2)21)8-9-18-16(20)19-14-7-4-10-22-15-12(14)5-3-6-13(15)17/h3,5-6,11,14H,4,7-10H2,1-2H3,(H2,18,19,20). The first kappa shape index (κ1) is 17.7. The fraction of sp³-hybridized carbons (Fsp3) is 0.562. The first-order chi connectivity index (χ1) is 11.0. The van der Waals surface area contributed by atoms with Crippen molar-refractivity contribution in [2.24, 2.45) is 0 Å². The first-order valence-electron chi connectivity index (χ1n) is 7.77. The monoisotopic (exact) mass is 342 g/mol. The molecule has 7 heteroatoms. The van der Waals surface area contributed by atoms with Crippen LogP contribution < -0.4 is 15.4 Å². The van der Waals surface area contributed by atoms with Crippen LogP contribution in [0.2, 0.25) is 0 Å². The zero-order chi connectivity index (χ0) is 16.8. The van der Waals surface area contributed by atoms with Gasteiger partial charge in [-0.05, 0) is 25.3 Å². The molecule has 3 atom stereocenters. The molecule has 23 heavy (non-hydrogen) atoms. The lowest BCUT2D eigenvalue weighted by Crippen LogP contribution is -2.39. The predicted octanol–water partition coefficient (Wildman–Crippen LogP) is 2.50.